The van der Waals surface area contributed by atoms with E-state index in [1.165, 1.54) is 10.9 Å². The minimum absolute atomic E-state index is 0.000192. The number of hydrogen-bond donors (Lipinski definition) is 2. The number of aryl methyl sites for hydroxylation is 2. The second-order valence-corrected chi connectivity index (χ2v) is 8.97. The molecule has 4 rings (SSSR count). The molecule has 0 saturated carbocycles. The number of benzene rings is 2. The van der Waals surface area contributed by atoms with Crippen molar-refractivity contribution in [1.29, 1.82) is 0 Å². The molecule has 0 unspecified atom stereocenters. The Bertz CT molecular complexity index is 1370. The molecule has 2 heterocycles. The van der Waals surface area contributed by atoms with Gasteiger partial charge in [0, 0.05) is 37.0 Å². The van der Waals surface area contributed by atoms with E-state index in [0.717, 1.165) is 34.4 Å². The number of aromatic nitrogens is 3. The van der Waals surface area contributed by atoms with Crippen LogP contribution >= 0.6 is 0 Å². The Hall–Kier alpha value is -3.55. The van der Waals surface area contributed by atoms with E-state index in [-0.39, 0.29) is 17.4 Å². The van der Waals surface area contributed by atoms with Crippen LogP contribution in [0, 0.1) is 13.8 Å². The highest BCUT2D eigenvalue weighted by atomic mass is 16.3. The number of nitrogens with zero attached hydrogens (tertiary/aromatic N) is 4. The van der Waals surface area contributed by atoms with Crippen LogP contribution in [0.25, 0.3) is 27.8 Å². The summed E-state index contributed by atoms with van der Waals surface area (Å²) >= 11 is 0. The number of nitrogens with two attached hydrogens (primary N) is 1. The van der Waals surface area contributed by atoms with Crippen molar-refractivity contribution in [3.05, 3.63) is 82.0 Å². The molecule has 0 aliphatic heterocycles. The Morgan fingerprint density at radius 3 is 2.50 bits per heavy atom. The topological polar surface area (TPSA) is 97.3 Å². The van der Waals surface area contributed by atoms with Gasteiger partial charge < -0.3 is 10.8 Å². The van der Waals surface area contributed by atoms with Gasteiger partial charge in [-0.3, -0.25) is 14.3 Å². The van der Waals surface area contributed by atoms with E-state index < -0.39 is 0 Å². The van der Waals surface area contributed by atoms with Gasteiger partial charge in [0.2, 0.25) is 0 Å². The summed E-state index contributed by atoms with van der Waals surface area (Å²) in [7, 11) is 0. The van der Waals surface area contributed by atoms with E-state index in [1.54, 1.807) is 24.3 Å². The van der Waals surface area contributed by atoms with Gasteiger partial charge in [0.25, 0.3) is 5.56 Å². The molecular weight excluding hydrogens is 426 g/mol. The first-order valence-corrected chi connectivity index (χ1v) is 11.5. The van der Waals surface area contributed by atoms with Gasteiger partial charge in [0.15, 0.2) is 5.65 Å². The maximum absolute atomic E-state index is 13.8. The van der Waals surface area contributed by atoms with Crippen LogP contribution in [-0.4, -0.2) is 43.7 Å². The molecule has 1 atom stereocenters. The summed E-state index contributed by atoms with van der Waals surface area (Å²) in [5.41, 5.74) is 11.9. The molecule has 176 valence electrons. The molecule has 2 aromatic carbocycles. The molecule has 7 nitrogen and oxygen atoms in total. The number of rotatable bonds is 7. The first-order valence-electron chi connectivity index (χ1n) is 11.5. The van der Waals surface area contributed by atoms with E-state index in [0.29, 0.717) is 29.8 Å². The van der Waals surface area contributed by atoms with Gasteiger partial charge >= 0.3 is 0 Å². The minimum Gasteiger partial charge on any atom is -0.508 e. The standard InChI is InChI=1S/C27H31N5O2/c1-5-31(14-19(4)28)15-24-23(20-10-17(2)9-18(3)11-20)13-29-26-25(24)27(34)32(16-30-26)21-7-6-8-22(33)12-21/h6-13,16,19,33H,5,14-15,28H2,1-4H3/t19-/m0/s1. The average Bonchev–Trinajstić information content (AvgIpc) is 2.77. The minimum atomic E-state index is -0.221. The van der Waals surface area contributed by atoms with Crippen LogP contribution in [0.15, 0.2) is 59.8 Å². The van der Waals surface area contributed by atoms with Crippen molar-refractivity contribution in [2.45, 2.75) is 40.3 Å². The smallest absolute Gasteiger partial charge is 0.267 e. The lowest BCUT2D eigenvalue weighted by atomic mass is 9.96. The molecule has 0 fully saturated rings. The Balaban J connectivity index is 2.01. The maximum atomic E-state index is 13.8. The zero-order chi connectivity index (χ0) is 24.4. The number of likely N-dealkylation sites (N-methyl/N-ethyl adjacent to an activating group) is 1. The van der Waals surface area contributed by atoms with Crippen LogP contribution in [0.3, 0.4) is 0 Å². The van der Waals surface area contributed by atoms with Gasteiger partial charge in [-0.25, -0.2) is 9.97 Å². The molecule has 0 bridgehead atoms. The molecule has 0 aliphatic carbocycles. The van der Waals surface area contributed by atoms with E-state index in [2.05, 4.69) is 53.8 Å². The molecule has 4 aromatic rings. The molecule has 0 aliphatic rings. The first-order chi connectivity index (χ1) is 16.3. The average molecular weight is 458 g/mol. The SMILES string of the molecule is CCN(Cc1c(-c2cc(C)cc(C)c2)cnc2ncn(-c3cccc(O)c3)c(=O)c12)C[C@H](C)N. The predicted molar refractivity (Wildman–Crippen MR) is 136 cm³/mol. The van der Waals surface area contributed by atoms with Crippen LogP contribution in [0.4, 0.5) is 0 Å². The largest absolute Gasteiger partial charge is 0.508 e. The summed E-state index contributed by atoms with van der Waals surface area (Å²) in [5, 5.41) is 10.4. The lowest BCUT2D eigenvalue weighted by Gasteiger charge is -2.24. The maximum Gasteiger partial charge on any atom is 0.267 e. The van der Waals surface area contributed by atoms with E-state index >= 15 is 0 Å². The molecule has 0 saturated heterocycles. The van der Waals surface area contributed by atoms with E-state index in [9.17, 15) is 9.90 Å². The molecule has 7 heteroatoms. The van der Waals surface area contributed by atoms with Crippen LogP contribution in [0.1, 0.15) is 30.5 Å². The fourth-order valence-electron chi connectivity index (χ4n) is 4.45. The second kappa shape index (κ2) is 9.75. The van der Waals surface area contributed by atoms with Gasteiger partial charge in [-0.05, 0) is 50.6 Å². The zero-order valence-corrected chi connectivity index (χ0v) is 20.1. The quantitative estimate of drug-likeness (QED) is 0.436. The van der Waals surface area contributed by atoms with Gasteiger partial charge in [-0.15, -0.1) is 0 Å². The van der Waals surface area contributed by atoms with Crippen LogP contribution in [0.2, 0.25) is 0 Å². The number of fused-ring (bicyclic) bond motifs is 1. The molecular formula is C27H31N5O2. The third-order valence-electron chi connectivity index (χ3n) is 5.91. The van der Waals surface area contributed by atoms with E-state index in [4.69, 9.17) is 5.73 Å². The number of phenolic OH excluding ortho intramolecular Hbond substituents is 1. The molecule has 0 spiro atoms. The van der Waals surface area contributed by atoms with Crippen molar-refractivity contribution in [3.63, 3.8) is 0 Å². The summed E-state index contributed by atoms with van der Waals surface area (Å²) in [6.45, 7) is 10.2. The van der Waals surface area contributed by atoms with Gasteiger partial charge in [0.1, 0.15) is 12.1 Å². The Kier molecular flexibility index (Phi) is 6.77. The van der Waals surface area contributed by atoms with Crippen molar-refractivity contribution in [3.8, 4) is 22.6 Å². The molecule has 34 heavy (non-hydrogen) atoms. The predicted octanol–water partition coefficient (Wildman–Crippen LogP) is 3.94. The number of pyridine rings is 1. The second-order valence-electron chi connectivity index (χ2n) is 8.97. The van der Waals surface area contributed by atoms with Crippen LogP contribution < -0.4 is 11.3 Å². The third kappa shape index (κ3) is 4.85. The highest BCUT2D eigenvalue weighted by Gasteiger charge is 2.19. The fourth-order valence-corrected chi connectivity index (χ4v) is 4.45. The van der Waals surface area contributed by atoms with Crippen molar-refractivity contribution in [1.82, 2.24) is 19.4 Å². The molecule has 3 N–H and O–H groups in total. The summed E-state index contributed by atoms with van der Waals surface area (Å²) in [6.07, 6.45) is 3.28. The summed E-state index contributed by atoms with van der Waals surface area (Å²) in [5.74, 6) is 0.0842. The van der Waals surface area contributed by atoms with Crippen molar-refractivity contribution in [2.75, 3.05) is 13.1 Å². The van der Waals surface area contributed by atoms with E-state index in [1.807, 2.05) is 13.1 Å². The number of hydrogen-bond acceptors (Lipinski definition) is 6. The van der Waals surface area contributed by atoms with Crippen molar-refractivity contribution < 1.29 is 5.11 Å². The first kappa shape index (κ1) is 23.6. The Labute approximate surface area is 199 Å². The molecule has 0 amide bonds. The zero-order valence-electron chi connectivity index (χ0n) is 20.1. The Morgan fingerprint density at radius 2 is 1.85 bits per heavy atom. The lowest BCUT2D eigenvalue weighted by Crippen LogP contribution is -2.35. The summed E-state index contributed by atoms with van der Waals surface area (Å²) in [6, 6.07) is 12.9. The summed E-state index contributed by atoms with van der Waals surface area (Å²) < 4.78 is 1.46. The summed E-state index contributed by atoms with van der Waals surface area (Å²) in [4.78, 5) is 25.1. The van der Waals surface area contributed by atoms with Gasteiger partial charge in [-0.2, -0.15) is 0 Å². The van der Waals surface area contributed by atoms with Crippen LogP contribution in [-0.2, 0) is 6.54 Å². The number of phenols is 1. The van der Waals surface area contributed by atoms with Gasteiger partial charge in [-0.1, -0.05) is 42.3 Å². The van der Waals surface area contributed by atoms with Crippen molar-refractivity contribution >= 4 is 11.0 Å². The van der Waals surface area contributed by atoms with Gasteiger partial charge in [0.05, 0.1) is 11.1 Å². The lowest BCUT2D eigenvalue weighted by molar-refractivity contribution is 0.267. The Morgan fingerprint density at radius 1 is 1.12 bits per heavy atom. The fraction of sp³-hybridized carbons (Fsp3) is 0.296. The highest BCUT2D eigenvalue weighted by Crippen LogP contribution is 2.30. The molecule has 2 aromatic heterocycles. The monoisotopic (exact) mass is 457 g/mol. The third-order valence-corrected chi connectivity index (χ3v) is 5.91. The molecule has 0 radical (unpaired) electrons. The van der Waals surface area contributed by atoms with Crippen LogP contribution in [0.5, 0.6) is 5.75 Å². The normalized spacial score (nSPS) is 12.4. The highest BCUT2D eigenvalue weighted by molar-refractivity contribution is 5.86. The number of aromatic hydroxyl groups is 1. The van der Waals surface area contributed by atoms with Crippen molar-refractivity contribution in [2.24, 2.45) is 5.73 Å².